The van der Waals surface area contributed by atoms with Crippen molar-refractivity contribution in [1.29, 1.82) is 0 Å². The van der Waals surface area contributed by atoms with Gasteiger partial charge < -0.3 is 30.7 Å². The van der Waals surface area contributed by atoms with Gasteiger partial charge in [0, 0.05) is 32.8 Å². The van der Waals surface area contributed by atoms with Crippen molar-refractivity contribution in [2.75, 3.05) is 52.5 Å². The molecule has 0 fully saturated rings. The SMILES string of the molecule is C=COCCCNC(=O)CN(CC(O)NCCCOCC)C(O)CN. The van der Waals surface area contributed by atoms with Gasteiger partial charge in [-0.3, -0.25) is 15.0 Å². The summed E-state index contributed by atoms with van der Waals surface area (Å²) in [4.78, 5) is 13.4. The van der Waals surface area contributed by atoms with Crippen molar-refractivity contribution >= 4 is 5.91 Å². The molecule has 0 saturated carbocycles. The molecule has 0 bridgehead atoms. The zero-order chi connectivity index (χ0) is 18.9. The van der Waals surface area contributed by atoms with Gasteiger partial charge in [0.15, 0.2) is 0 Å². The predicted molar refractivity (Wildman–Crippen MR) is 95.5 cm³/mol. The first-order chi connectivity index (χ1) is 12.0. The monoisotopic (exact) mass is 362 g/mol. The van der Waals surface area contributed by atoms with E-state index in [2.05, 4.69) is 17.2 Å². The smallest absolute Gasteiger partial charge is 0.234 e. The third-order valence-electron chi connectivity index (χ3n) is 3.31. The number of ether oxygens (including phenoxy) is 2. The normalized spacial score (nSPS) is 13.5. The number of nitrogens with two attached hydrogens (primary N) is 1. The van der Waals surface area contributed by atoms with Crippen molar-refractivity contribution in [1.82, 2.24) is 15.5 Å². The first-order valence-corrected chi connectivity index (χ1v) is 8.65. The molecule has 0 heterocycles. The number of carbonyl (C=O) groups excluding carboxylic acids is 1. The fourth-order valence-corrected chi connectivity index (χ4v) is 2.02. The van der Waals surface area contributed by atoms with Crippen LogP contribution in [0, 0.1) is 0 Å². The number of nitrogens with zero attached hydrogens (tertiary/aromatic N) is 1. The minimum Gasteiger partial charge on any atom is -0.502 e. The largest absolute Gasteiger partial charge is 0.502 e. The van der Waals surface area contributed by atoms with Gasteiger partial charge in [0.05, 0.1) is 19.4 Å². The lowest BCUT2D eigenvalue weighted by molar-refractivity contribution is -0.126. The lowest BCUT2D eigenvalue weighted by Gasteiger charge is -2.28. The summed E-state index contributed by atoms with van der Waals surface area (Å²) in [7, 11) is 0. The molecule has 0 spiro atoms. The topological polar surface area (TPSA) is 129 Å². The van der Waals surface area contributed by atoms with Gasteiger partial charge in [-0.2, -0.15) is 0 Å². The van der Waals surface area contributed by atoms with Gasteiger partial charge in [-0.25, -0.2) is 0 Å². The number of amides is 1. The first kappa shape index (κ1) is 23.8. The number of rotatable bonds is 17. The molecule has 0 rings (SSSR count). The molecule has 9 nitrogen and oxygen atoms in total. The van der Waals surface area contributed by atoms with E-state index < -0.39 is 12.5 Å². The second kappa shape index (κ2) is 16.2. The first-order valence-electron chi connectivity index (χ1n) is 8.65. The van der Waals surface area contributed by atoms with Gasteiger partial charge in [0.1, 0.15) is 12.5 Å². The van der Waals surface area contributed by atoms with Crippen molar-refractivity contribution in [3.63, 3.8) is 0 Å². The van der Waals surface area contributed by atoms with Gasteiger partial charge in [-0.15, -0.1) is 0 Å². The summed E-state index contributed by atoms with van der Waals surface area (Å²) < 4.78 is 10.2. The Labute approximate surface area is 150 Å². The van der Waals surface area contributed by atoms with Crippen LogP contribution in [0.2, 0.25) is 0 Å². The average Bonchev–Trinajstić information content (AvgIpc) is 2.60. The number of hydrogen-bond donors (Lipinski definition) is 5. The van der Waals surface area contributed by atoms with Crippen LogP contribution in [0.25, 0.3) is 0 Å². The van der Waals surface area contributed by atoms with E-state index >= 15 is 0 Å². The highest BCUT2D eigenvalue weighted by Gasteiger charge is 2.20. The number of aliphatic hydroxyl groups excluding tert-OH is 2. The highest BCUT2D eigenvalue weighted by Crippen LogP contribution is 1.97. The van der Waals surface area contributed by atoms with Crippen molar-refractivity contribution in [3.05, 3.63) is 12.8 Å². The summed E-state index contributed by atoms with van der Waals surface area (Å²) in [6.07, 6.45) is 0.884. The molecule has 2 atom stereocenters. The molecule has 1 amide bonds. The van der Waals surface area contributed by atoms with E-state index in [-0.39, 0.29) is 25.5 Å². The maximum atomic E-state index is 11.9. The molecule has 0 aromatic carbocycles. The van der Waals surface area contributed by atoms with Crippen molar-refractivity contribution < 1.29 is 24.5 Å². The van der Waals surface area contributed by atoms with E-state index in [0.717, 1.165) is 6.42 Å². The van der Waals surface area contributed by atoms with Crippen molar-refractivity contribution in [3.8, 4) is 0 Å². The third-order valence-corrected chi connectivity index (χ3v) is 3.31. The summed E-state index contributed by atoms with van der Waals surface area (Å²) in [6.45, 7) is 8.13. The van der Waals surface area contributed by atoms with Gasteiger partial charge in [-0.1, -0.05) is 6.58 Å². The lowest BCUT2D eigenvalue weighted by atomic mass is 10.3. The molecule has 6 N–H and O–H groups in total. The Morgan fingerprint density at radius 1 is 1.32 bits per heavy atom. The van der Waals surface area contributed by atoms with Gasteiger partial charge in [0.2, 0.25) is 5.91 Å². The Hall–Kier alpha value is -1.23. The van der Waals surface area contributed by atoms with Crippen LogP contribution in [-0.4, -0.2) is 86.0 Å². The fourth-order valence-electron chi connectivity index (χ4n) is 2.02. The average molecular weight is 362 g/mol. The van der Waals surface area contributed by atoms with E-state index in [1.54, 1.807) is 0 Å². The molecule has 0 aliphatic heterocycles. The summed E-state index contributed by atoms with van der Waals surface area (Å²) in [5, 5.41) is 25.6. The van der Waals surface area contributed by atoms with Crippen LogP contribution >= 0.6 is 0 Å². The Bertz CT molecular complexity index is 346. The predicted octanol–water partition coefficient (Wildman–Crippen LogP) is -1.43. The molecular weight excluding hydrogens is 328 g/mol. The van der Waals surface area contributed by atoms with Crippen LogP contribution in [0.1, 0.15) is 19.8 Å². The quantitative estimate of drug-likeness (QED) is 0.121. The maximum Gasteiger partial charge on any atom is 0.234 e. The number of hydrogen-bond acceptors (Lipinski definition) is 8. The number of nitrogens with one attached hydrogen (secondary N) is 2. The minimum absolute atomic E-state index is 0.0302. The van der Waals surface area contributed by atoms with E-state index in [9.17, 15) is 15.0 Å². The number of carbonyl (C=O) groups is 1. The van der Waals surface area contributed by atoms with Crippen LogP contribution in [-0.2, 0) is 14.3 Å². The van der Waals surface area contributed by atoms with Crippen LogP contribution in [0.5, 0.6) is 0 Å². The summed E-state index contributed by atoms with van der Waals surface area (Å²) in [5.41, 5.74) is 5.47. The molecule has 2 unspecified atom stereocenters. The Balaban J connectivity index is 4.13. The van der Waals surface area contributed by atoms with Crippen molar-refractivity contribution in [2.24, 2.45) is 5.73 Å². The maximum absolute atomic E-state index is 11.9. The Kier molecular flexibility index (Phi) is 15.5. The van der Waals surface area contributed by atoms with Gasteiger partial charge >= 0.3 is 0 Å². The zero-order valence-electron chi connectivity index (χ0n) is 15.2. The molecule has 0 radical (unpaired) electrons. The molecular formula is C16H34N4O5. The third kappa shape index (κ3) is 13.7. The zero-order valence-corrected chi connectivity index (χ0v) is 15.2. The van der Waals surface area contributed by atoms with Crippen LogP contribution in [0.15, 0.2) is 12.8 Å². The second-order valence-electron chi connectivity index (χ2n) is 5.41. The molecule has 148 valence electrons. The minimum atomic E-state index is -1.00. The molecule has 0 aromatic rings. The van der Waals surface area contributed by atoms with E-state index in [4.69, 9.17) is 15.2 Å². The number of aliphatic hydroxyl groups is 2. The van der Waals surface area contributed by atoms with Gasteiger partial charge in [0.25, 0.3) is 0 Å². The molecule has 25 heavy (non-hydrogen) atoms. The lowest BCUT2D eigenvalue weighted by Crippen LogP contribution is -2.51. The van der Waals surface area contributed by atoms with Gasteiger partial charge in [-0.05, 0) is 26.3 Å². The second-order valence-corrected chi connectivity index (χ2v) is 5.41. The highest BCUT2D eigenvalue weighted by atomic mass is 16.5. The van der Waals surface area contributed by atoms with Crippen molar-refractivity contribution in [2.45, 2.75) is 32.2 Å². The molecule has 0 saturated heterocycles. The summed E-state index contributed by atoms with van der Waals surface area (Å²) >= 11 is 0. The molecule has 0 aromatic heterocycles. The summed E-state index contributed by atoms with van der Waals surface area (Å²) in [6, 6.07) is 0. The van der Waals surface area contributed by atoms with E-state index in [1.807, 2.05) is 6.92 Å². The highest BCUT2D eigenvalue weighted by molar-refractivity contribution is 5.78. The fraction of sp³-hybridized carbons (Fsp3) is 0.812. The van der Waals surface area contributed by atoms with E-state index in [0.29, 0.717) is 39.3 Å². The Morgan fingerprint density at radius 2 is 2.04 bits per heavy atom. The van der Waals surface area contributed by atoms with Crippen LogP contribution in [0.4, 0.5) is 0 Å². The Morgan fingerprint density at radius 3 is 2.68 bits per heavy atom. The van der Waals surface area contributed by atoms with Crippen LogP contribution in [0.3, 0.4) is 0 Å². The standard InChI is InChI=1S/C16H34N4O5/c1-3-24-9-5-7-18-14(21)12-20(16(23)11-17)13-15(22)19-8-6-10-25-4-2/h3,15-16,19,22-23H,1,4-13,17H2,2H3,(H,18,21). The molecule has 0 aliphatic carbocycles. The van der Waals surface area contributed by atoms with E-state index in [1.165, 1.54) is 11.2 Å². The molecule has 0 aliphatic rings. The van der Waals surface area contributed by atoms with Crippen LogP contribution < -0.4 is 16.4 Å². The summed E-state index contributed by atoms with van der Waals surface area (Å²) in [5.74, 6) is -0.255. The molecule has 9 heteroatoms.